The summed E-state index contributed by atoms with van der Waals surface area (Å²) in [6.45, 7) is 5.21. The molecule has 0 atom stereocenters. The highest BCUT2D eigenvalue weighted by atomic mass is 16.7. The van der Waals surface area contributed by atoms with E-state index in [2.05, 4.69) is 16.3 Å². The van der Waals surface area contributed by atoms with E-state index < -0.39 is 0 Å². The van der Waals surface area contributed by atoms with Gasteiger partial charge in [-0.15, -0.1) is 0 Å². The summed E-state index contributed by atoms with van der Waals surface area (Å²) < 4.78 is 11.1. The number of rotatable bonds is 6. The van der Waals surface area contributed by atoms with Crippen LogP contribution in [0, 0.1) is 0 Å². The summed E-state index contributed by atoms with van der Waals surface area (Å²) in [6.07, 6.45) is 4.89. The van der Waals surface area contributed by atoms with Gasteiger partial charge in [-0.05, 0) is 32.8 Å². The lowest BCUT2D eigenvalue weighted by molar-refractivity contribution is -0.142. The van der Waals surface area contributed by atoms with Gasteiger partial charge in [0.05, 0.1) is 0 Å². The number of hydrogen-bond acceptors (Lipinski definition) is 3. The number of aromatic nitrogens is 2. The minimum absolute atomic E-state index is 0.323. The Morgan fingerprint density at radius 2 is 1.94 bits per heavy atom. The van der Waals surface area contributed by atoms with Crippen molar-refractivity contribution in [3.8, 4) is 0 Å². The molecule has 0 spiro atoms. The van der Waals surface area contributed by atoms with Gasteiger partial charge in [0.2, 0.25) is 6.29 Å². The molecule has 0 aromatic carbocycles. The van der Waals surface area contributed by atoms with E-state index in [9.17, 15) is 0 Å². The van der Waals surface area contributed by atoms with Crippen LogP contribution in [0.25, 0.3) is 0 Å². The molecule has 1 aliphatic carbocycles. The molecule has 2 rings (SSSR count). The van der Waals surface area contributed by atoms with Gasteiger partial charge in [-0.3, -0.25) is 5.10 Å². The minimum atomic E-state index is -0.323. The molecule has 1 aliphatic rings. The zero-order valence-corrected chi connectivity index (χ0v) is 10.7. The van der Waals surface area contributed by atoms with Gasteiger partial charge >= 0.3 is 0 Å². The molecule has 0 bridgehead atoms. The smallest absolute Gasteiger partial charge is 0.202 e. The quantitative estimate of drug-likeness (QED) is 0.774. The summed E-state index contributed by atoms with van der Waals surface area (Å²) in [5.74, 6) is 0.653. The molecule has 0 aliphatic heterocycles. The molecule has 1 fully saturated rings. The lowest BCUT2D eigenvalue weighted by Gasteiger charge is -2.13. The van der Waals surface area contributed by atoms with Crippen molar-refractivity contribution in [2.45, 2.75) is 51.7 Å². The Morgan fingerprint density at radius 1 is 1.29 bits per heavy atom. The van der Waals surface area contributed by atoms with E-state index in [-0.39, 0.29) is 6.29 Å². The largest absolute Gasteiger partial charge is 0.347 e. The highest BCUT2D eigenvalue weighted by molar-refractivity contribution is 5.15. The summed E-state index contributed by atoms with van der Waals surface area (Å²) in [4.78, 5) is 0. The van der Waals surface area contributed by atoms with Crippen molar-refractivity contribution < 1.29 is 9.47 Å². The van der Waals surface area contributed by atoms with E-state index >= 15 is 0 Å². The first kappa shape index (κ1) is 12.6. The van der Waals surface area contributed by atoms with Gasteiger partial charge in [-0.25, -0.2) is 0 Å². The zero-order chi connectivity index (χ0) is 12.1. The molecular formula is C13H22N2O2. The van der Waals surface area contributed by atoms with Gasteiger partial charge in [-0.2, -0.15) is 5.10 Å². The maximum Gasteiger partial charge on any atom is 0.202 e. The number of nitrogens with one attached hydrogen (secondary N) is 1. The number of hydrogen-bond donors (Lipinski definition) is 1. The Morgan fingerprint density at radius 3 is 2.53 bits per heavy atom. The van der Waals surface area contributed by atoms with Crippen LogP contribution in [0.5, 0.6) is 0 Å². The highest BCUT2D eigenvalue weighted by Gasteiger charge is 2.22. The van der Waals surface area contributed by atoms with Crippen LogP contribution < -0.4 is 0 Å². The zero-order valence-electron chi connectivity index (χ0n) is 10.7. The van der Waals surface area contributed by atoms with Crippen LogP contribution in [0.1, 0.15) is 63.1 Å². The standard InChI is InChI=1S/C13H22N2O2/c1-3-16-13(17-4-2)12-9-11(14-15-12)10-7-5-6-8-10/h9-10,13H,3-8H2,1-2H3,(H,14,15). The Bertz CT molecular complexity index is 326. The van der Waals surface area contributed by atoms with E-state index in [1.807, 2.05) is 13.8 Å². The monoisotopic (exact) mass is 238 g/mol. The lowest BCUT2D eigenvalue weighted by atomic mass is 10.0. The fourth-order valence-electron chi connectivity index (χ4n) is 2.44. The summed E-state index contributed by atoms with van der Waals surface area (Å²) >= 11 is 0. The van der Waals surface area contributed by atoms with Gasteiger partial charge < -0.3 is 9.47 Å². The maximum atomic E-state index is 5.54. The fourth-order valence-corrected chi connectivity index (χ4v) is 2.44. The van der Waals surface area contributed by atoms with Gasteiger partial charge in [0.15, 0.2) is 0 Å². The molecule has 1 aromatic heterocycles. The topological polar surface area (TPSA) is 47.1 Å². The molecule has 4 heteroatoms. The fraction of sp³-hybridized carbons (Fsp3) is 0.769. The van der Waals surface area contributed by atoms with Crippen molar-refractivity contribution in [3.05, 3.63) is 17.5 Å². The van der Waals surface area contributed by atoms with Crippen molar-refractivity contribution in [1.29, 1.82) is 0 Å². The Balaban J connectivity index is 2.03. The molecule has 1 N–H and O–H groups in total. The van der Waals surface area contributed by atoms with Crippen molar-refractivity contribution in [3.63, 3.8) is 0 Å². The molecule has 96 valence electrons. The van der Waals surface area contributed by atoms with Crippen LogP contribution in [0.15, 0.2) is 6.07 Å². The Labute approximate surface area is 103 Å². The van der Waals surface area contributed by atoms with Crippen LogP contribution in [0.4, 0.5) is 0 Å². The van der Waals surface area contributed by atoms with Gasteiger partial charge in [-0.1, -0.05) is 12.8 Å². The van der Waals surface area contributed by atoms with Gasteiger partial charge in [0.1, 0.15) is 5.69 Å². The molecule has 4 nitrogen and oxygen atoms in total. The third-order valence-corrected chi connectivity index (χ3v) is 3.29. The predicted octanol–water partition coefficient (Wildman–Crippen LogP) is 3.14. The molecule has 0 unspecified atom stereocenters. The van der Waals surface area contributed by atoms with E-state index in [0.717, 1.165) is 5.69 Å². The molecule has 1 heterocycles. The van der Waals surface area contributed by atoms with Crippen molar-refractivity contribution >= 4 is 0 Å². The van der Waals surface area contributed by atoms with Crippen LogP contribution in [-0.4, -0.2) is 23.4 Å². The number of ether oxygens (including phenoxy) is 2. The summed E-state index contributed by atoms with van der Waals surface area (Å²) in [5, 5.41) is 7.46. The Hall–Kier alpha value is -0.870. The third-order valence-electron chi connectivity index (χ3n) is 3.29. The van der Waals surface area contributed by atoms with Crippen molar-refractivity contribution in [1.82, 2.24) is 10.2 Å². The third kappa shape index (κ3) is 3.07. The van der Waals surface area contributed by atoms with Crippen molar-refractivity contribution in [2.75, 3.05) is 13.2 Å². The van der Waals surface area contributed by atoms with E-state index in [4.69, 9.17) is 9.47 Å². The summed E-state index contributed by atoms with van der Waals surface area (Å²) in [6, 6.07) is 2.10. The Kier molecular flexibility index (Phi) is 4.57. The SMILES string of the molecule is CCOC(OCC)c1cc(C2CCCC2)[nH]n1. The predicted molar refractivity (Wildman–Crippen MR) is 65.8 cm³/mol. The lowest BCUT2D eigenvalue weighted by Crippen LogP contribution is -2.09. The van der Waals surface area contributed by atoms with Crippen LogP contribution in [0.3, 0.4) is 0 Å². The second-order valence-electron chi connectivity index (χ2n) is 4.47. The molecule has 0 radical (unpaired) electrons. The second-order valence-corrected chi connectivity index (χ2v) is 4.47. The van der Waals surface area contributed by atoms with Crippen LogP contribution >= 0.6 is 0 Å². The van der Waals surface area contributed by atoms with Crippen molar-refractivity contribution in [2.24, 2.45) is 0 Å². The van der Waals surface area contributed by atoms with Gasteiger partial charge in [0.25, 0.3) is 0 Å². The first-order valence-electron chi connectivity index (χ1n) is 6.63. The van der Waals surface area contributed by atoms with E-state index in [0.29, 0.717) is 19.1 Å². The number of H-pyrrole nitrogens is 1. The van der Waals surface area contributed by atoms with E-state index in [1.165, 1.54) is 31.4 Å². The normalized spacial score (nSPS) is 17.1. The van der Waals surface area contributed by atoms with Crippen LogP contribution in [0.2, 0.25) is 0 Å². The first-order chi connectivity index (χ1) is 8.35. The second kappa shape index (κ2) is 6.17. The molecular weight excluding hydrogens is 216 g/mol. The molecule has 1 aromatic rings. The van der Waals surface area contributed by atoms with Crippen LogP contribution in [-0.2, 0) is 9.47 Å². The van der Waals surface area contributed by atoms with E-state index in [1.54, 1.807) is 0 Å². The first-order valence-corrected chi connectivity index (χ1v) is 6.63. The molecule has 0 amide bonds. The maximum absolute atomic E-state index is 5.54. The summed E-state index contributed by atoms with van der Waals surface area (Å²) in [7, 11) is 0. The molecule has 0 saturated heterocycles. The average molecular weight is 238 g/mol. The number of nitrogens with zero attached hydrogens (tertiary/aromatic N) is 1. The average Bonchev–Trinajstić information content (AvgIpc) is 2.99. The summed E-state index contributed by atoms with van der Waals surface area (Å²) in [5.41, 5.74) is 2.11. The highest BCUT2D eigenvalue weighted by Crippen LogP contribution is 2.34. The van der Waals surface area contributed by atoms with Gasteiger partial charge in [0, 0.05) is 24.8 Å². The molecule has 1 saturated carbocycles. The number of aromatic amines is 1. The minimum Gasteiger partial charge on any atom is -0.347 e. The molecule has 17 heavy (non-hydrogen) atoms.